The number of nitrogens with zero attached hydrogens (tertiary/aromatic N) is 2. The Morgan fingerprint density at radius 2 is 0.944 bits per heavy atom. The molecule has 6 unspecified atom stereocenters. The van der Waals surface area contributed by atoms with Crippen LogP contribution in [-0.2, 0) is 41.5 Å². The molecule has 292 valence electrons. The Labute approximate surface area is 320 Å². The smallest absolute Gasteiger partial charge is 0.310 e. The molecular weight excluding hydrogens is 684 g/mol. The van der Waals surface area contributed by atoms with Crippen LogP contribution in [0.5, 0.6) is 11.5 Å². The van der Waals surface area contributed by atoms with Gasteiger partial charge in [-0.3, -0.25) is 19.2 Å². The highest BCUT2D eigenvalue weighted by atomic mass is 16.6. The van der Waals surface area contributed by atoms with E-state index in [0.29, 0.717) is 48.5 Å². The third-order valence-electron chi connectivity index (χ3n) is 14.1. The lowest BCUT2D eigenvalue weighted by molar-refractivity contribution is -0.949. The lowest BCUT2D eigenvalue weighted by Crippen LogP contribution is -2.60. The predicted molar refractivity (Wildman–Crippen MR) is 202 cm³/mol. The number of piperidine rings is 2. The van der Waals surface area contributed by atoms with E-state index in [0.717, 1.165) is 99.1 Å². The van der Waals surface area contributed by atoms with Crippen LogP contribution < -0.4 is 9.47 Å². The summed E-state index contributed by atoms with van der Waals surface area (Å²) in [4.78, 5) is 49.7. The van der Waals surface area contributed by atoms with Gasteiger partial charge in [-0.2, -0.15) is 0 Å². The van der Waals surface area contributed by atoms with E-state index in [4.69, 9.17) is 18.9 Å². The number of carbonyl (C=O) groups excluding carboxylic acids is 4. The van der Waals surface area contributed by atoms with E-state index in [1.165, 1.54) is 25.0 Å². The Hall–Kier alpha value is -3.76. The van der Waals surface area contributed by atoms with Crippen molar-refractivity contribution >= 4 is 23.9 Å². The first-order chi connectivity index (χ1) is 25.9. The van der Waals surface area contributed by atoms with E-state index in [1.54, 1.807) is 0 Å². The van der Waals surface area contributed by atoms with E-state index >= 15 is 0 Å². The molecule has 4 bridgehead atoms. The van der Waals surface area contributed by atoms with E-state index in [9.17, 15) is 19.2 Å². The number of quaternary nitrogens is 2. The molecule has 0 radical (unpaired) electrons. The highest BCUT2D eigenvalue weighted by Crippen LogP contribution is 2.46. The van der Waals surface area contributed by atoms with Crippen LogP contribution in [0.25, 0.3) is 0 Å². The van der Waals surface area contributed by atoms with Gasteiger partial charge < -0.3 is 27.9 Å². The average molecular weight is 745 g/mol. The van der Waals surface area contributed by atoms with Crippen molar-refractivity contribution in [2.45, 2.75) is 140 Å². The zero-order valence-corrected chi connectivity index (χ0v) is 32.7. The molecule has 2 aromatic rings. The summed E-state index contributed by atoms with van der Waals surface area (Å²) in [7, 11) is 4.75. The number of fused-ring (bicyclic) bond motifs is 4. The van der Waals surface area contributed by atoms with Gasteiger partial charge in [0.25, 0.3) is 0 Å². The Morgan fingerprint density at radius 1 is 0.574 bits per heavy atom. The van der Waals surface area contributed by atoms with Crippen LogP contribution >= 0.6 is 0 Å². The van der Waals surface area contributed by atoms with E-state index in [1.807, 2.05) is 36.4 Å². The maximum atomic E-state index is 13.5. The number of rotatable bonds is 14. The Kier molecular flexibility index (Phi) is 11.5. The largest absolute Gasteiger partial charge is 0.462 e. The third-order valence-corrected chi connectivity index (χ3v) is 14.1. The number of esters is 4. The summed E-state index contributed by atoms with van der Waals surface area (Å²) in [6.07, 6.45) is 13.3. The third kappa shape index (κ3) is 8.40. The fraction of sp³-hybridized carbons (Fsp3) is 0.636. The number of carbonyl (C=O) groups is 4. The molecular formula is C44H60N2O8+2. The van der Waals surface area contributed by atoms with Gasteiger partial charge in [-0.1, -0.05) is 24.3 Å². The van der Waals surface area contributed by atoms with Crippen molar-refractivity contribution in [3.8, 4) is 11.5 Å². The molecule has 2 aromatic carbocycles. The molecule has 4 saturated heterocycles. The highest BCUT2D eigenvalue weighted by molar-refractivity contribution is 5.84. The maximum absolute atomic E-state index is 13.5. The summed E-state index contributed by atoms with van der Waals surface area (Å²) in [6.45, 7) is 4.98. The molecule has 10 heteroatoms. The number of benzene rings is 2. The van der Waals surface area contributed by atoms with Crippen LogP contribution in [0, 0.1) is 11.8 Å². The number of ether oxygens (including phenoxy) is 4. The van der Waals surface area contributed by atoms with Gasteiger partial charge in [0.15, 0.2) is 0 Å². The SMILES string of the molecule is CC(=O)Oc1cccc(CCC[N+]2(C)[C@@H]3CC[C@H]2CC(OC(=O)C2CCC2C(=O)OC2C[C@H]4CC[C@@H](C2)[N+]4(C)CCCc2cccc(OC(C)=O)c2)C3)c1. The molecule has 0 spiro atoms. The Balaban J connectivity index is 0.847. The molecule has 4 aliphatic heterocycles. The second kappa shape index (κ2) is 16.1. The minimum atomic E-state index is -0.388. The van der Waals surface area contributed by atoms with Crippen molar-refractivity contribution in [1.29, 1.82) is 0 Å². The predicted octanol–water partition coefficient (Wildman–Crippen LogP) is 6.50. The van der Waals surface area contributed by atoms with Crippen molar-refractivity contribution in [3.05, 3.63) is 59.7 Å². The van der Waals surface area contributed by atoms with Gasteiger partial charge >= 0.3 is 23.9 Å². The molecule has 10 atom stereocenters. The van der Waals surface area contributed by atoms with Gasteiger partial charge in [0, 0.05) is 78.1 Å². The second-order valence-electron chi connectivity index (χ2n) is 17.5. The summed E-state index contributed by atoms with van der Waals surface area (Å²) < 4.78 is 25.0. The summed E-state index contributed by atoms with van der Waals surface area (Å²) in [5.74, 6) is -0.607. The molecule has 5 fully saturated rings. The first kappa shape index (κ1) is 38.5. The molecule has 5 aliphatic rings. The van der Waals surface area contributed by atoms with Crippen LogP contribution in [0.3, 0.4) is 0 Å². The van der Waals surface area contributed by atoms with Crippen molar-refractivity contribution in [1.82, 2.24) is 0 Å². The van der Waals surface area contributed by atoms with Crippen molar-refractivity contribution in [2.24, 2.45) is 11.8 Å². The molecule has 0 aromatic heterocycles. The first-order valence-corrected chi connectivity index (χ1v) is 20.5. The van der Waals surface area contributed by atoms with Gasteiger partial charge in [-0.05, 0) is 61.1 Å². The molecule has 10 nitrogen and oxygen atoms in total. The van der Waals surface area contributed by atoms with Gasteiger partial charge in [0.1, 0.15) is 23.7 Å². The number of hydrogen-bond acceptors (Lipinski definition) is 8. The Morgan fingerprint density at radius 3 is 1.28 bits per heavy atom. The molecule has 1 saturated carbocycles. The van der Waals surface area contributed by atoms with E-state index in [-0.39, 0.29) is 47.9 Å². The first-order valence-electron chi connectivity index (χ1n) is 20.5. The topological polar surface area (TPSA) is 105 Å². The van der Waals surface area contributed by atoms with Crippen molar-refractivity contribution in [3.63, 3.8) is 0 Å². The lowest BCUT2D eigenvalue weighted by Gasteiger charge is -2.47. The monoisotopic (exact) mass is 744 g/mol. The zero-order chi connectivity index (χ0) is 38.0. The highest BCUT2D eigenvalue weighted by Gasteiger charge is 2.55. The summed E-state index contributed by atoms with van der Waals surface area (Å²) in [5, 5.41) is 0. The average Bonchev–Trinajstić information content (AvgIpc) is 3.32. The number of aryl methyl sites for hydroxylation is 2. The number of hydrogen-bond donors (Lipinski definition) is 0. The standard InChI is InChI=1S/C44H60N2O8/c1-29(47)51-37-13-5-9-31(23-37)11-7-21-45(3)33-15-16-34(45)26-39(25-33)53-43(49)41-19-20-42(41)44(50)54-40-27-35-17-18-36(28-40)46(35,4)22-8-12-32-10-6-14-38(24-32)52-30(2)48/h5-6,9-10,13-14,23-24,33-36,39-42H,7-8,11-12,15-22,25-28H2,1-4H3/q+2/t33-,34+,35-,36+,39?,40?,41?,42?,45?,46?. The zero-order valence-electron chi connectivity index (χ0n) is 32.7. The fourth-order valence-electron chi connectivity index (χ4n) is 11.0. The van der Waals surface area contributed by atoms with Crippen molar-refractivity contribution < 1.29 is 47.1 Å². The normalized spacial score (nSPS) is 33.7. The van der Waals surface area contributed by atoms with Crippen LogP contribution in [0.1, 0.15) is 102 Å². The van der Waals surface area contributed by atoms with E-state index < -0.39 is 0 Å². The Bertz CT molecular complexity index is 1560. The molecule has 1 aliphatic carbocycles. The van der Waals surface area contributed by atoms with Crippen molar-refractivity contribution in [2.75, 3.05) is 27.2 Å². The van der Waals surface area contributed by atoms with Crippen LogP contribution in [-0.4, -0.2) is 96.4 Å². The van der Waals surface area contributed by atoms with Gasteiger partial charge in [0.2, 0.25) is 0 Å². The van der Waals surface area contributed by atoms with Gasteiger partial charge in [-0.25, -0.2) is 0 Å². The van der Waals surface area contributed by atoms with Gasteiger partial charge in [-0.15, -0.1) is 0 Å². The molecule has 54 heavy (non-hydrogen) atoms. The molecule has 4 heterocycles. The van der Waals surface area contributed by atoms with Crippen LogP contribution in [0.2, 0.25) is 0 Å². The van der Waals surface area contributed by atoms with E-state index in [2.05, 4.69) is 26.2 Å². The van der Waals surface area contributed by atoms with Crippen LogP contribution in [0.15, 0.2) is 48.5 Å². The van der Waals surface area contributed by atoms with Gasteiger partial charge in [0.05, 0.1) is 63.2 Å². The minimum Gasteiger partial charge on any atom is -0.462 e. The maximum Gasteiger partial charge on any atom is 0.310 e. The quantitative estimate of drug-likeness (QED) is 0.123. The lowest BCUT2D eigenvalue weighted by atomic mass is 9.73. The fourth-order valence-corrected chi connectivity index (χ4v) is 11.0. The minimum absolute atomic E-state index is 0.0823. The summed E-state index contributed by atoms with van der Waals surface area (Å²) >= 11 is 0. The summed E-state index contributed by atoms with van der Waals surface area (Å²) in [6, 6.07) is 17.5. The van der Waals surface area contributed by atoms with Crippen LogP contribution in [0.4, 0.5) is 0 Å². The molecule has 0 N–H and O–H groups in total. The molecule has 7 rings (SSSR count). The second-order valence-corrected chi connectivity index (χ2v) is 17.5. The molecule has 0 amide bonds. The summed E-state index contributed by atoms with van der Waals surface area (Å²) in [5.41, 5.74) is 2.35.